The molecule has 0 saturated carbocycles. The van der Waals surface area contributed by atoms with Gasteiger partial charge in [0, 0.05) is 6.07 Å². The maximum atomic E-state index is 9.25. The molecular formula is C10H12O3. The average molecular weight is 180 g/mol. The van der Waals surface area contributed by atoms with Crippen molar-refractivity contribution in [1.82, 2.24) is 0 Å². The van der Waals surface area contributed by atoms with E-state index in [0.717, 1.165) is 5.56 Å². The summed E-state index contributed by atoms with van der Waals surface area (Å²) in [5.74, 6) is 0.745. The zero-order valence-electron chi connectivity index (χ0n) is 7.40. The van der Waals surface area contributed by atoms with E-state index in [1.54, 1.807) is 24.3 Å². The number of phenols is 1. The molecule has 1 aromatic rings. The summed E-state index contributed by atoms with van der Waals surface area (Å²) in [5, 5.41) is 17.8. The average Bonchev–Trinajstić information content (AvgIpc) is 2.14. The van der Waals surface area contributed by atoms with Crippen molar-refractivity contribution in [2.45, 2.75) is 0 Å². The molecule has 0 radical (unpaired) electrons. The van der Waals surface area contributed by atoms with Gasteiger partial charge in [0.1, 0.15) is 11.5 Å². The van der Waals surface area contributed by atoms with E-state index in [2.05, 4.69) is 0 Å². The van der Waals surface area contributed by atoms with Crippen LogP contribution in [0.5, 0.6) is 11.5 Å². The number of benzene rings is 1. The highest BCUT2D eigenvalue weighted by Gasteiger charge is 1.96. The monoisotopic (exact) mass is 180 g/mol. The second-order valence-corrected chi connectivity index (χ2v) is 2.55. The Bertz CT molecular complexity index is 305. The molecule has 70 valence electrons. The minimum Gasteiger partial charge on any atom is -0.508 e. The Morgan fingerprint density at radius 3 is 2.77 bits per heavy atom. The number of aliphatic hydroxyl groups is 1. The standard InChI is InChI=1S/C10H12O3/c1-13-10-6-8(3-2-4-11)5-9(12)7-10/h2-3,5-7,11-12H,4H2,1H3/b3-2+. The molecule has 0 bridgehead atoms. The second-order valence-electron chi connectivity index (χ2n) is 2.55. The van der Waals surface area contributed by atoms with Crippen LogP contribution in [0.2, 0.25) is 0 Å². The third-order valence-electron chi connectivity index (χ3n) is 1.57. The lowest BCUT2D eigenvalue weighted by Gasteiger charge is -2.02. The Morgan fingerprint density at radius 1 is 1.38 bits per heavy atom. The lowest BCUT2D eigenvalue weighted by atomic mass is 10.2. The molecule has 0 unspecified atom stereocenters. The topological polar surface area (TPSA) is 49.7 Å². The molecule has 3 heteroatoms. The lowest BCUT2D eigenvalue weighted by Crippen LogP contribution is -1.83. The molecule has 0 amide bonds. The van der Waals surface area contributed by atoms with E-state index in [0.29, 0.717) is 5.75 Å². The van der Waals surface area contributed by atoms with Crippen LogP contribution in [0.25, 0.3) is 6.08 Å². The first-order valence-corrected chi connectivity index (χ1v) is 3.91. The van der Waals surface area contributed by atoms with Gasteiger partial charge < -0.3 is 14.9 Å². The number of ether oxygens (including phenoxy) is 1. The van der Waals surface area contributed by atoms with Gasteiger partial charge in [0.25, 0.3) is 0 Å². The van der Waals surface area contributed by atoms with Gasteiger partial charge in [0.15, 0.2) is 0 Å². The van der Waals surface area contributed by atoms with Crippen molar-refractivity contribution in [2.24, 2.45) is 0 Å². The Labute approximate surface area is 76.9 Å². The smallest absolute Gasteiger partial charge is 0.123 e. The zero-order valence-corrected chi connectivity index (χ0v) is 7.40. The van der Waals surface area contributed by atoms with Crippen LogP contribution in [0, 0.1) is 0 Å². The molecule has 0 fully saturated rings. The first kappa shape index (κ1) is 9.61. The molecule has 0 aliphatic carbocycles. The molecule has 3 nitrogen and oxygen atoms in total. The second kappa shape index (κ2) is 4.52. The third-order valence-corrected chi connectivity index (χ3v) is 1.57. The molecule has 1 rings (SSSR count). The van der Waals surface area contributed by atoms with E-state index in [1.807, 2.05) is 0 Å². The predicted molar refractivity (Wildman–Crippen MR) is 50.8 cm³/mol. The maximum Gasteiger partial charge on any atom is 0.123 e. The molecule has 0 aliphatic rings. The molecule has 0 atom stereocenters. The third kappa shape index (κ3) is 2.80. The molecule has 2 N–H and O–H groups in total. The minimum atomic E-state index is -0.0159. The largest absolute Gasteiger partial charge is 0.508 e. The number of methoxy groups -OCH3 is 1. The zero-order chi connectivity index (χ0) is 9.68. The SMILES string of the molecule is COc1cc(O)cc(/C=C/CO)c1. The molecule has 0 heterocycles. The Morgan fingerprint density at radius 2 is 2.15 bits per heavy atom. The van der Waals surface area contributed by atoms with E-state index < -0.39 is 0 Å². The van der Waals surface area contributed by atoms with Crippen LogP contribution in [0.3, 0.4) is 0 Å². The van der Waals surface area contributed by atoms with Gasteiger partial charge in [0.2, 0.25) is 0 Å². The van der Waals surface area contributed by atoms with E-state index in [1.165, 1.54) is 13.2 Å². The van der Waals surface area contributed by atoms with Crippen molar-refractivity contribution < 1.29 is 14.9 Å². The summed E-state index contributed by atoms with van der Waals surface area (Å²) < 4.78 is 4.96. The van der Waals surface area contributed by atoms with Gasteiger partial charge in [-0.2, -0.15) is 0 Å². The molecular weight excluding hydrogens is 168 g/mol. The van der Waals surface area contributed by atoms with Crippen molar-refractivity contribution in [1.29, 1.82) is 0 Å². The first-order valence-electron chi connectivity index (χ1n) is 3.91. The van der Waals surface area contributed by atoms with E-state index in [9.17, 15) is 5.11 Å². The summed E-state index contributed by atoms with van der Waals surface area (Å²) >= 11 is 0. The number of rotatable bonds is 3. The van der Waals surface area contributed by atoms with Gasteiger partial charge in [-0.3, -0.25) is 0 Å². The fraction of sp³-hybridized carbons (Fsp3) is 0.200. The van der Waals surface area contributed by atoms with Crippen LogP contribution < -0.4 is 4.74 Å². The highest BCUT2D eigenvalue weighted by molar-refractivity contribution is 5.54. The quantitative estimate of drug-likeness (QED) is 0.739. The summed E-state index contributed by atoms with van der Waals surface area (Å²) in [5.41, 5.74) is 0.797. The van der Waals surface area contributed by atoms with Gasteiger partial charge in [-0.25, -0.2) is 0 Å². The highest BCUT2D eigenvalue weighted by atomic mass is 16.5. The predicted octanol–water partition coefficient (Wildman–Crippen LogP) is 1.41. The molecule has 0 aliphatic heterocycles. The minimum absolute atomic E-state index is 0.0159. The van der Waals surface area contributed by atoms with E-state index in [4.69, 9.17) is 9.84 Å². The Kier molecular flexibility index (Phi) is 3.34. The number of aliphatic hydroxyl groups excluding tert-OH is 1. The Balaban J connectivity index is 2.94. The van der Waals surface area contributed by atoms with Gasteiger partial charge >= 0.3 is 0 Å². The number of hydrogen-bond donors (Lipinski definition) is 2. The van der Waals surface area contributed by atoms with Crippen LogP contribution in [0.15, 0.2) is 24.3 Å². The fourth-order valence-electron chi connectivity index (χ4n) is 1.01. The van der Waals surface area contributed by atoms with Crippen molar-refractivity contribution in [3.05, 3.63) is 29.8 Å². The highest BCUT2D eigenvalue weighted by Crippen LogP contribution is 2.21. The molecule has 0 aromatic heterocycles. The molecule has 0 saturated heterocycles. The number of phenolic OH excluding ortho intramolecular Hbond substituents is 1. The fourth-order valence-corrected chi connectivity index (χ4v) is 1.01. The van der Waals surface area contributed by atoms with Crippen LogP contribution in [0.4, 0.5) is 0 Å². The summed E-state index contributed by atoms with van der Waals surface area (Å²) in [6.45, 7) is -0.0159. The molecule has 0 spiro atoms. The van der Waals surface area contributed by atoms with E-state index >= 15 is 0 Å². The van der Waals surface area contributed by atoms with Gasteiger partial charge in [0.05, 0.1) is 13.7 Å². The number of aromatic hydroxyl groups is 1. The summed E-state index contributed by atoms with van der Waals surface area (Å²) in [7, 11) is 1.54. The Hall–Kier alpha value is -1.48. The molecule has 13 heavy (non-hydrogen) atoms. The van der Waals surface area contributed by atoms with Gasteiger partial charge in [-0.1, -0.05) is 12.2 Å². The van der Waals surface area contributed by atoms with Gasteiger partial charge in [-0.05, 0) is 17.7 Å². The first-order chi connectivity index (χ1) is 6.26. The van der Waals surface area contributed by atoms with Crippen molar-refractivity contribution in [3.8, 4) is 11.5 Å². The maximum absolute atomic E-state index is 9.25. The van der Waals surface area contributed by atoms with Crippen LogP contribution in [0.1, 0.15) is 5.56 Å². The number of hydrogen-bond acceptors (Lipinski definition) is 3. The summed E-state index contributed by atoms with van der Waals surface area (Å²) in [6, 6.07) is 4.89. The van der Waals surface area contributed by atoms with Crippen molar-refractivity contribution in [3.63, 3.8) is 0 Å². The van der Waals surface area contributed by atoms with Crippen LogP contribution in [-0.4, -0.2) is 23.9 Å². The van der Waals surface area contributed by atoms with Crippen LogP contribution >= 0.6 is 0 Å². The van der Waals surface area contributed by atoms with Crippen LogP contribution in [-0.2, 0) is 0 Å². The van der Waals surface area contributed by atoms with E-state index in [-0.39, 0.29) is 12.4 Å². The molecule has 1 aromatic carbocycles. The normalized spacial score (nSPS) is 10.6. The van der Waals surface area contributed by atoms with Crippen molar-refractivity contribution >= 4 is 6.08 Å². The summed E-state index contributed by atoms with van der Waals surface area (Å²) in [4.78, 5) is 0. The van der Waals surface area contributed by atoms with Gasteiger partial charge in [-0.15, -0.1) is 0 Å². The lowest BCUT2D eigenvalue weighted by molar-refractivity contribution is 0.343. The summed E-state index contributed by atoms with van der Waals surface area (Å²) in [6.07, 6.45) is 3.30. The van der Waals surface area contributed by atoms with Crippen molar-refractivity contribution in [2.75, 3.05) is 13.7 Å².